The van der Waals surface area contributed by atoms with E-state index in [-0.39, 0.29) is 18.5 Å². The molecule has 5 nitrogen and oxygen atoms in total. The molecule has 0 amide bonds. The van der Waals surface area contributed by atoms with Crippen LogP contribution in [-0.2, 0) is 11.3 Å². The van der Waals surface area contributed by atoms with Crippen molar-refractivity contribution < 1.29 is 9.84 Å². The number of halogens is 1. The van der Waals surface area contributed by atoms with Gasteiger partial charge < -0.3 is 20.5 Å². The van der Waals surface area contributed by atoms with Crippen LogP contribution in [0.25, 0.3) is 0 Å². The molecule has 1 aliphatic carbocycles. The molecule has 3 fully saturated rings. The van der Waals surface area contributed by atoms with Crippen LogP contribution in [0.5, 0.6) is 0 Å². The van der Waals surface area contributed by atoms with Gasteiger partial charge in [-0.05, 0) is 30.7 Å². The first-order valence-corrected chi connectivity index (χ1v) is 10.3. The topological polar surface area (TPSA) is 56.8 Å². The van der Waals surface area contributed by atoms with E-state index in [1.54, 1.807) is 0 Å². The van der Waals surface area contributed by atoms with Crippen molar-refractivity contribution in [1.29, 1.82) is 0 Å². The average molecular weight is 396 g/mol. The van der Waals surface area contributed by atoms with Crippen LogP contribution in [-0.4, -0.2) is 67.1 Å². The van der Waals surface area contributed by atoms with Crippen molar-refractivity contribution in [2.45, 2.75) is 56.5 Å². The van der Waals surface area contributed by atoms with Gasteiger partial charge in [0.2, 0.25) is 0 Å². The zero-order valence-electron chi connectivity index (χ0n) is 16.1. The molecule has 1 saturated carbocycles. The zero-order chi connectivity index (χ0) is 17.8. The van der Waals surface area contributed by atoms with Crippen LogP contribution in [0.3, 0.4) is 0 Å². The molecule has 5 atom stereocenters. The number of hydrogen-bond acceptors (Lipinski definition) is 5. The number of nitrogens with zero attached hydrogens (tertiary/aromatic N) is 1. The predicted molar refractivity (Wildman–Crippen MR) is 110 cm³/mol. The summed E-state index contributed by atoms with van der Waals surface area (Å²) >= 11 is 0. The molecular formula is C21H34ClN3O2. The van der Waals surface area contributed by atoms with Gasteiger partial charge in [0, 0.05) is 44.3 Å². The summed E-state index contributed by atoms with van der Waals surface area (Å²) in [5.41, 5.74) is 1.33. The standard InChI is InChI=1S/C21H33N3O2.ClH/c25-18-11-17(24(14-18)13-16-5-2-1-3-6-16)12-23-20-8-4-7-19(20)21-15-26-10-9-22-21;/h1-3,5-6,17-23,25H,4,7-15H2;1H. The highest BCUT2D eigenvalue weighted by Crippen LogP contribution is 2.30. The highest BCUT2D eigenvalue weighted by atomic mass is 35.5. The molecular weight excluding hydrogens is 362 g/mol. The van der Waals surface area contributed by atoms with E-state index in [0.29, 0.717) is 24.0 Å². The molecule has 6 heteroatoms. The van der Waals surface area contributed by atoms with Gasteiger partial charge >= 0.3 is 0 Å². The Bertz CT molecular complexity index is 556. The quantitative estimate of drug-likeness (QED) is 0.685. The molecule has 1 aromatic carbocycles. The summed E-state index contributed by atoms with van der Waals surface area (Å²) in [5, 5.41) is 17.7. The minimum Gasteiger partial charge on any atom is -0.392 e. The normalized spacial score (nSPS) is 34.5. The molecule has 5 unspecified atom stereocenters. The van der Waals surface area contributed by atoms with Gasteiger partial charge in [-0.15, -0.1) is 12.4 Å². The van der Waals surface area contributed by atoms with E-state index in [9.17, 15) is 5.11 Å². The fraction of sp³-hybridized carbons (Fsp3) is 0.714. The van der Waals surface area contributed by atoms with E-state index in [1.165, 1.54) is 24.8 Å². The Balaban J connectivity index is 0.00000210. The second-order valence-electron chi connectivity index (χ2n) is 8.20. The molecule has 0 radical (unpaired) electrons. The molecule has 0 aromatic heterocycles. The van der Waals surface area contributed by atoms with Crippen LogP contribution in [0.4, 0.5) is 0 Å². The molecule has 2 saturated heterocycles. The third-order valence-electron chi connectivity index (χ3n) is 6.39. The number of β-amino-alcohol motifs (C(OH)–C–C–N with tert-alkyl or cyclic N) is 1. The highest BCUT2D eigenvalue weighted by molar-refractivity contribution is 5.85. The second kappa shape index (κ2) is 10.2. The lowest BCUT2D eigenvalue weighted by Gasteiger charge is -2.34. The Hall–Kier alpha value is -0.690. The SMILES string of the molecule is Cl.OC1CC(CNC2CCCC2C2COCCN2)N(Cc2ccccc2)C1. The van der Waals surface area contributed by atoms with Gasteiger partial charge in [0.15, 0.2) is 0 Å². The molecule has 3 N–H and O–H groups in total. The molecule has 3 aliphatic rings. The fourth-order valence-corrected chi connectivity index (χ4v) is 5.05. The van der Waals surface area contributed by atoms with Crippen LogP contribution < -0.4 is 10.6 Å². The molecule has 0 spiro atoms. The van der Waals surface area contributed by atoms with E-state index >= 15 is 0 Å². The van der Waals surface area contributed by atoms with Crippen LogP contribution in [0.2, 0.25) is 0 Å². The van der Waals surface area contributed by atoms with Crippen LogP contribution in [0, 0.1) is 5.92 Å². The van der Waals surface area contributed by atoms with Crippen LogP contribution in [0.15, 0.2) is 30.3 Å². The van der Waals surface area contributed by atoms with Crippen molar-refractivity contribution in [3.8, 4) is 0 Å². The van der Waals surface area contributed by atoms with Crippen molar-refractivity contribution in [3.05, 3.63) is 35.9 Å². The third-order valence-corrected chi connectivity index (χ3v) is 6.39. The molecule has 4 rings (SSSR count). The first-order valence-electron chi connectivity index (χ1n) is 10.3. The summed E-state index contributed by atoms with van der Waals surface area (Å²) in [5.74, 6) is 0.671. The summed E-state index contributed by atoms with van der Waals surface area (Å²) in [4.78, 5) is 2.44. The molecule has 1 aromatic rings. The van der Waals surface area contributed by atoms with Crippen molar-refractivity contribution >= 4 is 12.4 Å². The van der Waals surface area contributed by atoms with E-state index in [2.05, 4.69) is 45.9 Å². The van der Waals surface area contributed by atoms with Crippen LogP contribution >= 0.6 is 12.4 Å². The largest absolute Gasteiger partial charge is 0.392 e. The fourth-order valence-electron chi connectivity index (χ4n) is 5.05. The number of benzene rings is 1. The van der Waals surface area contributed by atoms with Gasteiger partial charge in [-0.1, -0.05) is 36.8 Å². The highest BCUT2D eigenvalue weighted by Gasteiger charge is 2.36. The van der Waals surface area contributed by atoms with Crippen LogP contribution in [0.1, 0.15) is 31.2 Å². The van der Waals surface area contributed by atoms with Gasteiger partial charge in [-0.3, -0.25) is 4.90 Å². The lowest BCUT2D eigenvalue weighted by Crippen LogP contribution is -2.52. The maximum atomic E-state index is 10.2. The summed E-state index contributed by atoms with van der Waals surface area (Å²) in [7, 11) is 0. The summed E-state index contributed by atoms with van der Waals surface area (Å²) < 4.78 is 5.69. The Morgan fingerprint density at radius 2 is 2.07 bits per heavy atom. The van der Waals surface area contributed by atoms with E-state index in [0.717, 1.165) is 45.8 Å². The maximum absolute atomic E-state index is 10.2. The molecule has 27 heavy (non-hydrogen) atoms. The van der Waals surface area contributed by atoms with Crippen molar-refractivity contribution in [2.24, 2.45) is 5.92 Å². The van der Waals surface area contributed by atoms with Crippen molar-refractivity contribution in [3.63, 3.8) is 0 Å². The Morgan fingerprint density at radius 1 is 1.22 bits per heavy atom. The first kappa shape index (κ1) is 21.0. The minimum atomic E-state index is -0.196. The van der Waals surface area contributed by atoms with Crippen molar-refractivity contribution in [1.82, 2.24) is 15.5 Å². The van der Waals surface area contributed by atoms with E-state index < -0.39 is 0 Å². The minimum absolute atomic E-state index is 0. The monoisotopic (exact) mass is 395 g/mol. The average Bonchev–Trinajstić information content (AvgIpc) is 3.28. The third kappa shape index (κ3) is 5.43. The first-order chi connectivity index (χ1) is 12.8. The zero-order valence-corrected chi connectivity index (χ0v) is 16.9. The molecule has 2 heterocycles. The molecule has 152 valence electrons. The van der Waals surface area contributed by atoms with Gasteiger partial charge in [0.25, 0.3) is 0 Å². The number of morpholine rings is 1. The summed E-state index contributed by atoms with van der Waals surface area (Å²) in [6, 6.07) is 12.1. The predicted octanol–water partition coefficient (Wildman–Crippen LogP) is 1.79. The lowest BCUT2D eigenvalue weighted by atomic mass is 9.93. The number of likely N-dealkylation sites (tertiary alicyclic amines) is 1. The van der Waals surface area contributed by atoms with Crippen molar-refractivity contribution in [2.75, 3.05) is 32.8 Å². The number of ether oxygens (including phenoxy) is 1. The Morgan fingerprint density at radius 3 is 2.85 bits per heavy atom. The Labute approximate surface area is 169 Å². The number of rotatable bonds is 6. The second-order valence-corrected chi connectivity index (χ2v) is 8.20. The smallest absolute Gasteiger partial charge is 0.0682 e. The van der Waals surface area contributed by atoms with Gasteiger partial charge in [0.1, 0.15) is 0 Å². The summed E-state index contributed by atoms with van der Waals surface area (Å²) in [6.07, 6.45) is 4.54. The number of hydrogen-bond donors (Lipinski definition) is 3. The maximum Gasteiger partial charge on any atom is 0.0682 e. The van der Waals surface area contributed by atoms with Gasteiger partial charge in [-0.25, -0.2) is 0 Å². The number of aliphatic hydroxyl groups excluding tert-OH is 1. The van der Waals surface area contributed by atoms with Gasteiger partial charge in [-0.2, -0.15) is 0 Å². The Kier molecular flexibility index (Phi) is 7.94. The molecule has 2 aliphatic heterocycles. The van der Waals surface area contributed by atoms with E-state index in [1.807, 2.05) is 0 Å². The summed E-state index contributed by atoms with van der Waals surface area (Å²) in [6.45, 7) is 5.36. The lowest BCUT2D eigenvalue weighted by molar-refractivity contribution is 0.0520. The van der Waals surface area contributed by atoms with E-state index in [4.69, 9.17) is 4.74 Å². The molecule has 0 bridgehead atoms. The number of aliphatic hydroxyl groups is 1. The number of nitrogens with one attached hydrogen (secondary N) is 2. The van der Waals surface area contributed by atoms with Gasteiger partial charge in [0.05, 0.1) is 19.3 Å².